The van der Waals surface area contributed by atoms with Crippen molar-refractivity contribution in [2.45, 2.75) is 58.5 Å². The SMILES string of the molecule is CCCCC1CCC(c2ccc(-c3ccc(CC)cc3)cc2)OC1. The Bertz CT molecular complexity index is 603. The molecule has 1 heterocycles. The highest BCUT2D eigenvalue weighted by atomic mass is 16.5. The first-order chi connectivity index (χ1) is 11.8. The predicted octanol–water partition coefficient (Wildman–Crippen LogP) is 6.57. The topological polar surface area (TPSA) is 9.23 Å². The van der Waals surface area contributed by atoms with E-state index < -0.39 is 0 Å². The van der Waals surface area contributed by atoms with Crippen LogP contribution in [-0.4, -0.2) is 6.61 Å². The first kappa shape index (κ1) is 17.2. The van der Waals surface area contributed by atoms with E-state index in [9.17, 15) is 0 Å². The highest BCUT2D eigenvalue weighted by molar-refractivity contribution is 5.64. The van der Waals surface area contributed by atoms with Gasteiger partial charge < -0.3 is 4.74 Å². The zero-order valence-corrected chi connectivity index (χ0v) is 15.1. The lowest BCUT2D eigenvalue weighted by atomic mass is 9.90. The molecule has 1 aliphatic heterocycles. The van der Waals surface area contributed by atoms with E-state index in [0.29, 0.717) is 6.10 Å². The molecule has 2 atom stereocenters. The van der Waals surface area contributed by atoms with Crippen LogP contribution < -0.4 is 0 Å². The highest BCUT2D eigenvalue weighted by Gasteiger charge is 2.22. The highest BCUT2D eigenvalue weighted by Crippen LogP contribution is 2.33. The standard InChI is InChI=1S/C23H30O/c1-3-5-6-19-9-16-23(24-17-19)22-14-12-21(13-15-22)20-10-7-18(4-2)8-11-20/h7-8,10-15,19,23H,3-6,9,16-17H2,1-2H3. The zero-order chi connectivity index (χ0) is 16.8. The van der Waals surface area contributed by atoms with Gasteiger partial charge in [-0.05, 0) is 53.9 Å². The van der Waals surface area contributed by atoms with Crippen LogP contribution in [0.2, 0.25) is 0 Å². The molecule has 24 heavy (non-hydrogen) atoms. The van der Waals surface area contributed by atoms with Gasteiger partial charge in [-0.3, -0.25) is 0 Å². The number of ether oxygens (including phenoxy) is 1. The van der Waals surface area contributed by atoms with Gasteiger partial charge in [0.05, 0.1) is 12.7 Å². The molecule has 1 aliphatic rings. The molecule has 0 aromatic heterocycles. The maximum atomic E-state index is 6.15. The normalized spacial score (nSPS) is 20.9. The molecule has 0 N–H and O–H groups in total. The lowest BCUT2D eigenvalue weighted by molar-refractivity contribution is -0.0197. The molecule has 0 spiro atoms. The summed E-state index contributed by atoms with van der Waals surface area (Å²) in [5.41, 5.74) is 5.31. The van der Waals surface area contributed by atoms with Crippen molar-refractivity contribution in [1.82, 2.24) is 0 Å². The van der Waals surface area contributed by atoms with E-state index in [1.54, 1.807) is 0 Å². The van der Waals surface area contributed by atoms with Gasteiger partial charge in [0.1, 0.15) is 0 Å². The van der Waals surface area contributed by atoms with E-state index in [-0.39, 0.29) is 0 Å². The summed E-state index contributed by atoms with van der Waals surface area (Å²) in [6.45, 7) is 5.40. The second kappa shape index (κ2) is 8.48. The summed E-state index contributed by atoms with van der Waals surface area (Å²) in [5, 5.41) is 0. The number of hydrogen-bond acceptors (Lipinski definition) is 1. The summed E-state index contributed by atoms with van der Waals surface area (Å²) >= 11 is 0. The second-order valence-corrected chi connectivity index (χ2v) is 7.08. The molecule has 1 saturated heterocycles. The molecular formula is C23H30O. The molecular weight excluding hydrogens is 292 g/mol. The fraction of sp³-hybridized carbons (Fsp3) is 0.478. The molecule has 128 valence electrons. The summed E-state index contributed by atoms with van der Waals surface area (Å²) in [5.74, 6) is 0.776. The molecule has 1 fully saturated rings. The lowest BCUT2D eigenvalue weighted by Gasteiger charge is -2.29. The molecule has 0 saturated carbocycles. The number of rotatable bonds is 6. The van der Waals surface area contributed by atoms with Gasteiger partial charge in [-0.2, -0.15) is 0 Å². The largest absolute Gasteiger partial charge is 0.373 e. The van der Waals surface area contributed by atoms with Crippen LogP contribution in [0.1, 0.15) is 63.2 Å². The monoisotopic (exact) mass is 322 g/mol. The van der Waals surface area contributed by atoms with Crippen molar-refractivity contribution in [3.05, 3.63) is 59.7 Å². The van der Waals surface area contributed by atoms with E-state index >= 15 is 0 Å². The molecule has 3 rings (SSSR count). The van der Waals surface area contributed by atoms with E-state index in [1.807, 2.05) is 0 Å². The van der Waals surface area contributed by atoms with Crippen molar-refractivity contribution in [1.29, 1.82) is 0 Å². The predicted molar refractivity (Wildman–Crippen MR) is 102 cm³/mol. The van der Waals surface area contributed by atoms with Crippen LogP contribution in [-0.2, 0) is 11.2 Å². The number of aryl methyl sites for hydroxylation is 1. The first-order valence-corrected chi connectivity index (χ1v) is 9.61. The molecule has 0 amide bonds. The van der Waals surface area contributed by atoms with Gasteiger partial charge in [0.15, 0.2) is 0 Å². The van der Waals surface area contributed by atoms with Crippen molar-refractivity contribution >= 4 is 0 Å². The van der Waals surface area contributed by atoms with Gasteiger partial charge in [0.2, 0.25) is 0 Å². The quantitative estimate of drug-likeness (QED) is 0.584. The van der Waals surface area contributed by atoms with Crippen LogP contribution >= 0.6 is 0 Å². The van der Waals surface area contributed by atoms with Gasteiger partial charge in [0.25, 0.3) is 0 Å². The molecule has 0 aliphatic carbocycles. The minimum atomic E-state index is 0.291. The smallest absolute Gasteiger partial charge is 0.0825 e. The van der Waals surface area contributed by atoms with Crippen LogP contribution in [0, 0.1) is 5.92 Å². The summed E-state index contributed by atoms with van der Waals surface area (Å²) in [4.78, 5) is 0. The zero-order valence-electron chi connectivity index (χ0n) is 15.1. The van der Waals surface area contributed by atoms with Crippen molar-refractivity contribution in [2.24, 2.45) is 5.92 Å². The first-order valence-electron chi connectivity index (χ1n) is 9.61. The Kier molecular flexibility index (Phi) is 6.09. The van der Waals surface area contributed by atoms with Gasteiger partial charge in [-0.15, -0.1) is 0 Å². The van der Waals surface area contributed by atoms with E-state index in [2.05, 4.69) is 62.4 Å². The Morgan fingerprint density at radius 1 is 0.875 bits per heavy atom. The molecule has 1 nitrogen and oxygen atoms in total. The third-order valence-electron chi connectivity index (χ3n) is 5.31. The summed E-state index contributed by atoms with van der Waals surface area (Å²) in [6, 6.07) is 17.9. The molecule has 2 aromatic carbocycles. The number of hydrogen-bond donors (Lipinski definition) is 0. The Morgan fingerprint density at radius 2 is 1.54 bits per heavy atom. The Morgan fingerprint density at radius 3 is 2.08 bits per heavy atom. The van der Waals surface area contributed by atoms with E-state index in [1.165, 1.54) is 54.4 Å². The van der Waals surface area contributed by atoms with Gasteiger partial charge in [-0.25, -0.2) is 0 Å². The minimum absolute atomic E-state index is 0.291. The molecule has 1 heteroatoms. The summed E-state index contributed by atoms with van der Waals surface area (Å²) in [6.07, 6.45) is 7.82. The van der Waals surface area contributed by atoms with Gasteiger partial charge in [-0.1, -0.05) is 75.2 Å². The second-order valence-electron chi connectivity index (χ2n) is 7.08. The Balaban J connectivity index is 1.60. The maximum Gasteiger partial charge on any atom is 0.0825 e. The Labute approximate surface area is 147 Å². The third kappa shape index (κ3) is 4.27. The fourth-order valence-electron chi connectivity index (χ4n) is 3.61. The lowest BCUT2D eigenvalue weighted by Crippen LogP contribution is -2.20. The van der Waals surface area contributed by atoms with Crippen molar-refractivity contribution in [3.63, 3.8) is 0 Å². The summed E-state index contributed by atoms with van der Waals surface area (Å²) < 4.78 is 6.15. The molecule has 0 radical (unpaired) electrons. The molecule has 2 unspecified atom stereocenters. The van der Waals surface area contributed by atoms with Crippen LogP contribution in [0.25, 0.3) is 11.1 Å². The van der Waals surface area contributed by atoms with Crippen LogP contribution in [0.5, 0.6) is 0 Å². The minimum Gasteiger partial charge on any atom is -0.373 e. The van der Waals surface area contributed by atoms with Crippen LogP contribution in [0.4, 0.5) is 0 Å². The average Bonchev–Trinajstić information content (AvgIpc) is 2.67. The third-order valence-corrected chi connectivity index (χ3v) is 5.31. The van der Waals surface area contributed by atoms with Crippen LogP contribution in [0.3, 0.4) is 0 Å². The average molecular weight is 322 g/mol. The molecule has 2 aromatic rings. The van der Waals surface area contributed by atoms with Crippen molar-refractivity contribution in [3.8, 4) is 11.1 Å². The number of benzene rings is 2. The van der Waals surface area contributed by atoms with E-state index in [0.717, 1.165) is 18.9 Å². The van der Waals surface area contributed by atoms with Crippen molar-refractivity contribution < 1.29 is 4.74 Å². The maximum absolute atomic E-state index is 6.15. The van der Waals surface area contributed by atoms with E-state index in [4.69, 9.17) is 4.74 Å². The van der Waals surface area contributed by atoms with Crippen molar-refractivity contribution in [2.75, 3.05) is 6.61 Å². The number of unbranched alkanes of at least 4 members (excludes halogenated alkanes) is 1. The van der Waals surface area contributed by atoms with Gasteiger partial charge >= 0.3 is 0 Å². The van der Waals surface area contributed by atoms with Crippen LogP contribution in [0.15, 0.2) is 48.5 Å². The Hall–Kier alpha value is -1.60. The van der Waals surface area contributed by atoms with Gasteiger partial charge in [0, 0.05) is 0 Å². The summed E-state index contributed by atoms with van der Waals surface area (Å²) in [7, 11) is 0. The fourth-order valence-corrected chi connectivity index (χ4v) is 3.61. The molecule has 0 bridgehead atoms.